The molecule has 1 unspecified atom stereocenters. The highest BCUT2D eigenvalue weighted by atomic mass is 35.5. The minimum atomic E-state index is -0.0857. The summed E-state index contributed by atoms with van der Waals surface area (Å²) in [6, 6.07) is 5.00. The lowest BCUT2D eigenvalue weighted by atomic mass is 10.1. The highest BCUT2D eigenvalue weighted by Gasteiger charge is 2.23. The zero-order chi connectivity index (χ0) is 11.5. The van der Waals surface area contributed by atoms with Crippen molar-refractivity contribution < 1.29 is 9.53 Å². The molecule has 4 nitrogen and oxygen atoms in total. The fraction of sp³-hybridized carbons (Fsp3) is 0.364. The zero-order valence-electron chi connectivity index (χ0n) is 8.70. The summed E-state index contributed by atoms with van der Waals surface area (Å²) in [6.45, 7) is 1.12. The smallest absolute Gasteiger partial charge is 0.229 e. The van der Waals surface area contributed by atoms with Crippen molar-refractivity contribution in [3.05, 3.63) is 23.2 Å². The van der Waals surface area contributed by atoms with Gasteiger partial charge >= 0.3 is 0 Å². The van der Waals surface area contributed by atoms with E-state index in [-0.39, 0.29) is 11.8 Å². The Kier molecular flexibility index (Phi) is 3.31. The average molecular weight is 241 g/mol. The van der Waals surface area contributed by atoms with E-state index in [1.807, 2.05) is 0 Å². The standard InChI is InChI=1S/C11H13ClN2O2/c12-9-2-1-8(13)5-10(9)14-11(15)7-3-4-16-6-7/h1-2,5,7H,3-4,6,13H2,(H,14,15). The maximum absolute atomic E-state index is 11.8. The molecule has 1 aromatic rings. The molecule has 1 aliphatic heterocycles. The van der Waals surface area contributed by atoms with Crippen LogP contribution in [0.2, 0.25) is 5.02 Å². The number of hydrogen-bond acceptors (Lipinski definition) is 3. The van der Waals surface area contributed by atoms with Crippen molar-refractivity contribution in [2.45, 2.75) is 6.42 Å². The number of rotatable bonds is 2. The summed E-state index contributed by atoms with van der Waals surface area (Å²) in [6.07, 6.45) is 0.756. The average Bonchev–Trinajstić information content (AvgIpc) is 2.76. The van der Waals surface area contributed by atoms with Crippen LogP contribution in [0.4, 0.5) is 11.4 Å². The molecule has 0 bridgehead atoms. The number of hydrogen-bond donors (Lipinski definition) is 2. The molecule has 1 aromatic carbocycles. The van der Waals surface area contributed by atoms with E-state index in [1.54, 1.807) is 18.2 Å². The van der Waals surface area contributed by atoms with E-state index in [4.69, 9.17) is 22.1 Å². The summed E-state index contributed by atoms with van der Waals surface area (Å²) in [7, 11) is 0. The Morgan fingerprint density at radius 3 is 3.06 bits per heavy atom. The Balaban J connectivity index is 2.07. The number of carbonyl (C=O) groups is 1. The zero-order valence-corrected chi connectivity index (χ0v) is 9.46. The second-order valence-electron chi connectivity index (χ2n) is 3.79. The van der Waals surface area contributed by atoms with Gasteiger partial charge in [-0.15, -0.1) is 0 Å². The lowest BCUT2D eigenvalue weighted by Gasteiger charge is -2.11. The molecule has 0 radical (unpaired) electrons. The van der Waals surface area contributed by atoms with Gasteiger partial charge in [0.2, 0.25) is 5.91 Å². The van der Waals surface area contributed by atoms with Gasteiger partial charge in [0.1, 0.15) is 0 Å². The molecule has 1 aliphatic rings. The van der Waals surface area contributed by atoms with E-state index in [1.165, 1.54) is 0 Å². The first-order valence-corrected chi connectivity index (χ1v) is 5.48. The van der Waals surface area contributed by atoms with Crippen LogP contribution in [-0.2, 0) is 9.53 Å². The number of nitrogen functional groups attached to an aromatic ring is 1. The van der Waals surface area contributed by atoms with E-state index in [2.05, 4.69) is 5.32 Å². The molecule has 1 fully saturated rings. The molecular weight excluding hydrogens is 228 g/mol. The normalized spacial score (nSPS) is 19.7. The van der Waals surface area contributed by atoms with Gasteiger partial charge in [0.25, 0.3) is 0 Å². The molecule has 16 heavy (non-hydrogen) atoms. The summed E-state index contributed by atoms with van der Waals surface area (Å²) in [4.78, 5) is 11.8. The maximum Gasteiger partial charge on any atom is 0.229 e. The Labute approximate surface area is 98.7 Å². The van der Waals surface area contributed by atoms with Crippen molar-refractivity contribution in [2.75, 3.05) is 24.3 Å². The number of nitrogens with two attached hydrogens (primary N) is 1. The summed E-state index contributed by atoms with van der Waals surface area (Å²) in [5.74, 6) is -0.150. The lowest BCUT2D eigenvalue weighted by molar-refractivity contribution is -0.119. The van der Waals surface area contributed by atoms with Gasteiger partial charge in [-0.2, -0.15) is 0 Å². The lowest BCUT2D eigenvalue weighted by Crippen LogP contribution is -2.23. The topological polar surface area (TPSA) is 64.3 Å². The number of ether oxygens (including phenoxy) is 1. The molecule has 0 aliphatic carbocycles. The highest BCUT2D eigenvalue weighted by Crippen LogP contribution is 2.25. The summed E-state index contributed by atoms with van der Waals surface area (Å²) in [5, 5.41) is 3.25. The Hall–Kier alpha value is -1.26. The second kappa shape index (κ2) is 4.72. The molecule has 1 heterocycles. The van der Waals surface area contributed by atoms with Crippen molar-refractivity contribution in [1.82, 2.24) is 0 Å². The Morgan fingerprint density at radius 2 is 2.38 bits per heavy atom. The van der Waals surface area contributed by atoms with E-state index in [0.29, 0.717) is 29.6 Å². The quantitative estimate of drug-likeness (QED) is 0.776. The van der Waals surface area contributed by atoms with Crippen LogP contribution in [0.15, 0.2) is 18.2 Å². The number of benzene rings is 1. The first-order valence-electron chi connectivity index (χ1n) is 5.10. The third-order valence-corrected chi connectivity index (χ3v) is 2.88. The first kappa shape index (κ1) is 11.2. The minimum Gasteiger partial charge on any atom is -0.399 e. The molecule has 0 saturated carbocycles. The van der Waals surface area contributed by atoms with E-state index < -0.39 is 0 Å². The van der Waals surface area contributed by atoms with Crippen molar-refractivity contribution >= 4 is 28.9 Å². The highest BCUT2D eigenvalue weighted by molar-refractivity contribution is 6.33. The Bertz CT molecular complexity index is 403. The summed E-state index contributed by atoms with van der Waals surface area (Å²) in [5.41, 5.74) is 6.75. The molecule has 1 atom stereocenters. The SMILES string of the molecule is Nc1ccc(Cl)c(NC(=O)C2CCOC2)c1. The molecule has 2 rings (SSSR count). The van der Waals surface area contributed by atoms with Crippen molar-refractivity contribution in [1.29, 1.82) is 0 Å². The van der Waals surface area contributed by atoms with Crippen molar-refractivity contribution in [3.63, 3.8) is 0 Å². The van der Waals surface area contributed by atoms with Gasteiger partial charge in [-0.05, 0) is 24.6 Å². The number of carbonyl (C=O) groups excluding carboxylic acids is 1. The maximum atomic E-state index is 11.8. The Morgan fingerprint density at radius 1 is 1.56 bits per heavy atom. The molecule has 1 amide bonds. The van der Waals surface area contributed by atoms with Gasteiger partial charge in [-0.3, -0.25) is 4.79 Å². The minimum absolute atomic E-state index is 0.0648. The summed E-state index contributed by atoms with van der Waals surface area (Å²) >= 11 is 5.95. The third-order valence-electron chi connectivity index (χ3n) is 2.55. The van der Waals surface area contributed by atoms with Gasteiger partial charge in [0.15, 0.2) is 0 Å². The van der Waals surface area contributed by atoms with Crippen LogP contribution in [0, 0.1) is 5.92 Å². The third kappa shape index (κ3) is 2.46. The van der Waals surface area contributed by atoms with E-state index in [0.717, 1.165) is 6.42 Å². The van der Waals surface area contributed by atoms with Crippen molar-refractivity contribution in [3.8, 4) is 0 Å². The predicted octanol–water partition coefficient (Wildman–Crippen LogP) is 1.90. The first-order chi connectivity index (χ1) is 7.66. The van der Waals surface area contributed by atoms with Crippen LogP contribution in [0.3, 0.4) is 0 Å². The monoisotopic (exact) mass is 240 g/mol. The fourth-order valence-electron chi connectivity index (χ4n) is 1.61. The van der Waals surface area contributed by atoms with Crippen LogP contribution < -0.4 is 11.1 Å². The molecule has 5 heteroatoms. The predicted molar refractivity (Wildman–Crippen MR) is 63.4 cm³/mol. The number of halogens is 1. The van der Waals surface area contributed by atoms with Crippen LogP contribution in [0.1, 0.15) is 6.42 Å². The molecule has 86 valence electrons. The van der Waals surface area contributed by atoms with E-state index in [9.17, 15) is 4.79 Å². The summed E-state index contributed by atoms with van der Waals surface area (Å²) < 4.78 is 5.15. The number of nitrogens with one attached hydrogen (secondary N) is 1. The largest absolute Gasteiger partial charge is 0.399 e. The van der Waals surface area contributed by atoms with Crippen LogP contribution >= 0.6 is 11.6 Å². The second-order valence-corrected chi connectivity index (χ2v) is 4.20. The molecule has 0 spiro atoms. The number of anilines is 2. The van der Waals surface area contributed by atoms with Gasteiger partial charge < -0.3 is 15.8 Å². The van der Waals surface area contributed by atoms with Gasteiger partial charge in [0.05, 0.1) is 23.2 Å². The van der Waals surface area contributed by atoms with Gasteiger partial charge in [0, 0.05) is 12.3 Å². The molecule has 3 N–H and O–H groups in total. The van der Waals surface area contributed by atoms with E-state index >= 15 is 0 Å². The van der Waals surface area contributed by atoms with Gasteiger partial charge in [-0.25, -0.2) is 0 Å². The fourth-order valence-corrected chi connectivity index (χ4v) is 1.78. The van der Waals surface area contributed by atoms with Crippen LogP contribution in [-0.4, -0.2) is 19.1 Å². The molecule has 1 saturated heterocycles. The van der Waals surface area contributed by atoms with Gasteiger partial charge in [-0.1, -0.05) is 11.6 Å². The molecule has 0 aromatic heterocycles. The number of amides is 1. The van der Waals surface area contributed by atoms with Crippen molar-refractivity contribution in [2.24, 2.45) is 5.92 Å². The van der Waals surface area contributed by atoms with Crippen LogP contribution in [0.5, 0.6) is 0 Å². The van der Waals surface area contributed by atoms with Crippen LogP contribution in [0.25, 0.3) is 0 Å². The molecular formula is C11H13ClN2O2.